The summed E-state index contributed by atoms with van der Waals surface area (Å²) >= 11 is 0. The van der Waals surface area contributed by atoms with Crippen LogP contribution in [0, 0.1) is 0 Å². The lowest BCUT2D eigenvalue weighted by Gasteiger charge is -2.26. The van der Waals surface area contributed by atoms with Crippen molar-refractivity contribution in [2.75, 3.05) is 38.3 Å². The maximum atomic E-state index is 11.7. The lowest BCUT2D eigenvalue weighted by Crippen LogP contribution is -2.37. The summed E-state index contributed by atoms with van der Waals surface area (Å²) in [7, 11) is -1.15. The Morgan fingerprint density at radius 1 is 1.32 bits per heavy atom. The van der Waals surface area contributed by atoms with Crippen molar-refractivity contribution in [1.82, 2.24) is 4.90 Å². The Morgan fingerprint density at radius 2 is 2.09 bits per heavy atom. The third-order valence-electron chi connectivity index (χ3n) is 3.97. The van der Waals surface area contributed by atoms with E-state index < -0.39 is 9.84 Å². The Balaban J connectivity index is 1.94. The second kappa shape index (κ2) is 8.46. The molecule has 1 aliphatic rings. The molecular weight excluding hydrogens is 298 g/mol. The fourth-order valence-corrected chi connectivity index (χ4v) is 4.55. The van der Waals surface area contributed by atoms with E-state index in [9.17, 15) is 8.42 Å². The molecule has 1 unspecified atom stereocenters. The van der Waals surface area contributed by atoms with E-state index in [-0.39, 0.29) is 6.04 Å². The lowest BCUT2D eigenvalue weighted by atomic mass is 10.2. The largest absolute Gasteiger partial charge is 0.385 e. The first-order chi connectivity index (χ1) is 10.6. The van der Waals surface area contributed by atoms with Crippen LogP contribution in [0.2, 0.25) is 0 Å². The van der Waals surface area contributed by atoms with Crippen LogP contribution in [0.4, 0.5) is 0 Å². The molecule has 0 amide bonds. The molecule has 2 rings (SSSR count). The highest BCUT2D eigenvalue weighted by atomic mass is 32.2. The maximum absolute atomic E-state index is 11.7. The minimum Gasteiger partial charge on any atom is -0.385 e. The molecule has 0 saturated carbocycles. The predicted octanol–water partition coefficient (Wildman–Crippen LogP) is 2.23. The highest BCUT2D eigenvalue weighted by molar-refractivity contribution is 7.91. The van der Waals surface area contributed by atoms with Gasteiger partial charge in [-0.3, -0.25) is 4.90 Å². The van der Waals surface area contributed by atoms with E-state index in [1.165, 1.54) is 5.56 Å². The average molecular weight is 323 g/mol. The van der Waals surface area contributed by atoms with Gasteiger partial charge in [0.25, 0.3) is 0 Å². The van der Waals surface area contributed by atoms with Crippen molar-refractivity contribution < 1.29 is 13.2 Å². The molecule has 0 aliphatic carbocycles. The molecule has 1 atom stereocenters. The van der Waals surface area contributed by atoms with Crippen LogP contribution < -0.4 is 0 Å². The summed E-state index contributed by atoms with van der Waals surface area (Å²) in [5.41, 5.74) is 1.17. The summed E-state index contributed by atoms with van der Waals surface area (Å²) in [5.74, 6) is 0.611. The van der Waals surface area contributed by atoms with Gasteiger partial charge in [-0.2, -0.15) is 0 Å². The van der Waals surface area contributed by atoms with Gasteiger partial charge in [-0.05, 0) is 18.4 Å². The second-order valence-corrected chi connectivity index (χ2v) is 7.94. The summed E-state index contributed by atoms with van der Waals surface area (Å²) in [6, 6.07) is 10.3. The topological polar surface area (TPSA) is 46.6 Å². The number of methoxy groups -OCH3 is 1. The quantitative estimate of drug-likeness (QED) is 0.688. The van der Waals surface area contributed by atoms with Gasteiger partial charge in [-0.15, -0.1) is 0 Å². The summed E-state index contributed by atoms with van der Waals surface area (Å²) in [4.78, 5) is 2.27. The number of ether oxygens (including phenoxy) is 1. The standard InChI is InChI=1S/C17H25NO3S/c1-21-13-6-12-18(17-10-14-22(19,20)15-17)11-5-9-16-7-3-2-4-8-16/h2-5,7-9,17H,6,10-15H2,1H3/b9-5+. The van der Waals surface area contributed by atoms with Crippen LogP contribution in [0.15, 0.2) is 36.4 Å². The van der Waals surface area contributed by atoms with Crippen LogP contribution in [0.25, 0.3) is 6.08 Å². The lowest BCUT2D eigenvalue weighted by molar-refractivity contribution is 0.162. The first-order valence-corrected chi connectivity index (χ1v) is 9.58. The molecule has 1 aliphatic heterocycles. The normalized spacial score (nSPS) is 20.9. The molecule has 1 saturated heterocycles. The van der Waals surface area contributed by atoms with Crippen LogP contribution in [0.1, 0.15) is 18.4 Å². The zero-order valence-electron chi connectivity index (χ0n) is 13.1. The molecule has 0 bridgehead atoms. The van der Waals surface area contributed by atoms with E-state index in [0.717, 1.165) is 25.9 Å². The predicted molar refractivity (Wildman–Crippen MR) is 90.6 cm³/mol. The third-order valence-corrected chi connectivity index (χ3v) is 5.72. The van der Waals surface area contributed by atoms with E-state index in [2.05, 4.69) is 29.2 Å². The smallest absolute Gasteiger partial charge is 0.151 e. The minimum absolute atomic E-state index is 0.141. The van der Waals surface area contributed by atoms with E-state index >= 15 is 0 Å². The van der Waals surface area contributed by atoms with Crippen molar-refractivity contribution in [3.05, 3.63) is 42.0 Å². The fourth-order valence-electron chi connectivity index (χ4n) is 2.79. The molecular formula is C17H25NO3S. The molecule has 122 valence electrons. The van der Waals surface area contributed by atoms with E-state index in [1.807, 2.05) is 18.2 Å². The Bertz CT molecular complexity index is 569. The molecule has 1 heterocycles. The van der Waals surface area contributed by atoms with Gasteiger partial charge < -0.3 is 4.74 Å². The SMILES string of the molecule is COCCCN(C/C=C/c1ccccc1)C1CCS(=O)(=O)C1. The Morgan fingerprint density at radius 3 is 2.73 bits per heavy atom. The second-order valence-electron chi connectivity index (χ2n) is 5.71. The number of rotatable bonds is 8. The van der Waals surface area contributed by atoms with Gasteiger partial charge in [-0.25, -0.2) is 8.42 Å². The van der Waals surface area contributed by atoms with Gasteiger partial charge >= 0.3 is 0 Å². The van der Waals surface area contributed by atoms with Crippen LogP contribution in [0.5, 0.6) is 0 Å². The molecule has 1 aromatic rings. The van der Waals surface area contributed by atoms with Crippen molar-refractivity contribution in [3.8, 4) is 0 Å². The van der Waals surface area contributed by atoms with Crippen molar-refractivity contribution >= 4 is 15.9 Å². The molecule has 0 spiro atoms. The molecule has 0 radical (unpaired) electrons. The summed E-state index contributed by atoms with van der Waals surface area (Å²) < 4.78 is 28.5. The van der Waals surface area contributed by atoms with Crippen LogP contribution in [-0.4, -0.2) is 57.7 Å². The fraction of sp³-hybridized carbons (Fsp3) is 0.529. The van der Waals surface area contributed by atoms with Crippen LogP contribution in [0.3, 0.4) is 0 Å². The monoisotopic (exact) mass is 323 g/mol. The first-order valence-electron chi connectivity index (χ1n) is 7.76. The highest BCUT2D eigenvalue weighted by Crippen LogP contribution is 2.18. The Kier molecular flexibility index (Phi) is 6.61. The first kappa shape index (κ1) is 17.2. The van der Waals surface area contributed by atoms with Gasteiger partial charge in [0.2, 0.25) is 0 Å². The van der Waals surface area contributed by atoms with Crippen LogP contribution in [-0.2, 0) is 14.6 Å². The summed E-state index contributed by atoms with van der Waals surface area (Å²) in [5, 5.41) is 0. The van der Waals surface area contributed by atoms with Crippen molar-refractivity contribution in [1.29, 1.82) is 0 Å². The van der Waals surface area contributed by atoms with Crippen molar-refractivity contribution in [2.24, 2.45) is 0 Å². The minimum atomic E-state index is -2.85. The van der Waals surface area contributed by atoms with Crippen molar-refractivity contribution in [3.63, 3.8) is 0 Å². The summed E-state index contributed by atoms with van der Waals surface area (Å²) in [6.45, 7) is 2.35. The molecule has 0 N–H and O–H groups in total. The van der Waals surface area contributed by atoms with Gasteiger partial charge in [0.1, 0.15) is 0 Å². The van der Waals surface area contributed by atoms with E-state index in [1.54, 1.807) is 7.11 Å². The van der Waals surface area contributed by atoms with E-state index in [0.29, 0.717) is 18.1 Å². The van der Waals surface area contributed by atoms with Gasteiger partial charge in [0.05, 0.1) is 11.5 Å². The molecule has 0 aromatic heterocycles. The van der Waals surface area contributed by atoms with Gasteiger partial charge in [-0.1, -0.05) is 42.5 Å². The number of nitrogens with zero attached hydrogens (tertiary/aromatic N) is 1. The molecule has 1 aromatic carbocycles. The van der Waals surface area contributed by atoms with Gasteiger partial charge in [0, 0.05) is 32.8 Å². The number of hydrogen-bond donors (Lipinski definition) is 0. The molecule has 22 heavy (non-hydrogen) atoms. The zero-order valence-corrected chi connectivity index (χ0v) is 14.0. The third kappa shape index (κ3) is 5.55. The molecule has 4 nitrogen and oxygen atoms in total. The maximum Gasteiger partial charge on any atom is 0.151 e. The number of benzene rings is 1. The highest BCUT2D eigenvalue weighted by Gasteiger charge is 2.31. The number of hydrogen-bond acceptors (Lipinski definition) is 4. The number of sulfone groups is 1. The van der Waals surface area contributed by atoms with E-state index in [4.69, 9.17) is 4.74 Å². The zero-order chi connectivity index (χ0) is 15.8. The Labute approximate surface area is 133 Å². The van der Waals surface area contributed by atoms with Gasteiger partial charge in [0.15, 0.2) is 9.84 Å². The average Bonchev–Trinajstić information content (AvgIpc) is 2.87. The molecule has 1 fully saturated rings. The molecule has 5 heteroatoms. The summed E-state index contributed by atoms with van der Waals surface area (Å²) in [6.07, 6.45) is 5.88. The van der Waals surface area contributed by atoms with Crippen molar-refractivity contribution in [2.45, 2.75) is 18.9 Å². The van der Waals surface area contributed by atoms with Crippen LogP contribution >= 0.6 is 0 Å². The Hall–Kier alpha value is -1.17.